The van der Waals surface area contributed by atoms with Crippen molar-refractivity contribution in [2.75, 3.05) is 0 Å². The molecule has 5 heteroatoms. The number of nitrogens with two attached hydrogens (primary N) is 1. The summed E-state index contributed by atoms with van der Waals surface area (Å²) in [4.78, 5) is 18.0. The van der Waals surface area contributed by atoms with Crippen molar-refractivity contribution in [3.63, 3.8) is 0 Å². The molecule has 0 bridgehead atoms. The summed E-state index contributed by atoms with van der Waals surface area (Å²) in [5.41, 5.74) is 5.98. The first kappa shape index (κ1) is 11.7. The Bertz CT molecular complexity index is 406. The van der Waals surface area contributed by atoms with E-state index >= 15 is 0 Å². The molecule has 1 saturated carbocycles. The molecule has 1 fully saturated rings. The van der Waals surface area contributed by atoms with E-state index in [1.165, 1.54) is 12.5 Å². The second kappa shape index (κ2) is 5.01. The van der Waals surface area contributed by atoms with E-state index in [2.05, 4.69) is 16.9 Å². The Morgan fingerprint density at radius 3 is 3.12 bits per heavy atom. The maximum atomic E-state index is 11.1. The van der Waals surface area contributed by atoms with Gasteiger partial charge in [-0.25, -0.2) is 4.98 Å². The number of hydrogen-bond acceptors (Lipinski definition) is 4. The summed E-state index contributed by atoms with van der Waals surface area (Å²) in [6.45, 7) is 2.25. The molecule has 1 aliphatic rings. The Kier molecular flexibility index (Phi) is 3.66. The molecule has 2 rings (SSSR count). The lowest BCUT2D eigenvalue weighted by Gasteiger charge is -2.31. The van der Waals surface area contributed by atoms with Crippen molar-refractivity contribution in [1.29, 1.82) is 0 Å². The van der Waals surface area contributed by atoms with Crippen LogP contribution < -0.4 is 11.3 Å². The largest absolute Gasteiger partial charge is 0.327 e. The molecular weight excluding hydrogens is 222 g/mol. The Hall–Kier alpha value is -0.810. The molecule has 3 unspecified atom stereocenters. The highest BCUT2D eigenvalue weighted by atomic mass is 32.2. The normalized spacial score (nSPS) is 30.2. The Morgan fingerprint density at radius 2 is 2.38 bits per heavy atom. The molecule has 0 amide bonds. The van der Waals surface area contributed by atoms with E-state index in [1.54, 1.807) is 18.0 Å². The zero-order valence-electron chi connectivity index (χ0n) is 9.35. The lowest BCUT2D eigenvalue weighted by Crippen LogP contribution is -2.38. The Labute approximate surface area is 99.0 Å². The lowest BCUT2D eigenvalue weighted by atomic mass is 9.87. The van der Waals surface area contributed by atoms with Gasteiger partial charge in [0.05, 0.1) is 0 Å². The molecule has 3 N–H and O–H groups in total. The highest BCUT2D eigenvalue weighted by Crippen LogP contribution is 2.33. The molecule has 1 aromatic rings. The van der Waals surface area contributed by atoms with Gasteiger partial charge >= 0.3 is 0 Å². The third-order valence-electron chi connectivity index (χ3n) is 3.02. The van der Waals surface area contributed by atoms with Gasteiger partial charge in [0.25, 0.3) is 5.56 Å². The minimum atomic E-state index is -0.102. The van der Waals surface area contributed by atoms with Crippen LogP contribution in [0.3, 0.4) is 0 Å². The van der Waals surface area contributed by atoms with Crippen LogP contribution in [0.1, 0.15) is 26.2 Å². The van der Waals surface area contributed by atoms with E-state index in [4.69, 9.17) is 5.73 Å². The van der Waals surface area contributed by atoms with E-state index < -0.39 is 0 Å². The summed E-state index contributed by atoms with van der Waals surface area (Å²) in [7, 11) is 0. The molecule has 0 saturated heterocycles. The van der Waals surface area contributed by atoms with Gasteiger partial charge in [0, 0.05) is 23.6 Å². The van der Waals surface area contributed by atoms with Crippen LogP contribution in [0, 0.1) is 5.92 Å². The molecule has 0 aromatic carbocycles. The van der Waals surface area contributed by atoms with Gasteiger partial charge in [-0.05, 0) is 25.2 Å². The number of aromatic nitrogens is 2. The summed E-state index contributed by atoms with van der Waals surface area (Å²) < 4.78 is 0. The average Bonchev–Trinajstić information content (AvgIpc) is 2.24. The monoisotopic (exact) mass is 239 g/mol. The van der Waals surface area contributed by atoms with Crippen molar-refractivity contribution in [1.82, 2.24) is 9.97 Å². The third kappa shape index (κ3) is 2.86. The first-order valence-electron chi connectivity index (χ1n) is 5.62. The SMILES string of the molecule is CC1CCC(N)C(Sc2nccc(=O)[nH]2)C1. The van der Waals surface area contributed by atoms with Gasteiger partial charge in [-0.2, -0.15) is 0 Å². The summed E-state index contributed by atoms with van der Waals surface area (Å²) in [6, 6.07) is 1.64. The highest BCUT2D eigenvalue weighted by Gasteiger charge is 2.27. The summed E-state index contributed by atoms with van der Waals surface area (Å²) in [5.74, 6) is 0.715. The van der Waals surface area contributed by atoms with Crippen molar-refractivity contribution in [3.05, 3.63) is 22.6 Å². The number of nitrogens with one attached hydrogen (secondary N) is 1. The van der Waals surface area contributed by atoms with Gasteiger partial charge in [0.1, 0.15) is 0 Å². The average molecular weight is 239 g/mol. The van der Waals surface area contributed by atoms with Gasteiger partial charge in [-0.1, -0.05) is 18.7 Å². The van der Waals surface area contributed by atoms with Crippen LogP contribution in [0.2, 0.25) is 0 Å². The molecule has 0 aliphatic heterocycles. The maximum absolute atomic E-state index is 11.1. The van der Waals surface area contributed by atoms with Crippen LogP contribution in [0.15, 0.2) is 22.2 Å². The quantitative estimate of drug-likeness (QED) is 0.765. The summed E-state index contributed by atoms with van der Waals surface area (Å²) in [5, 5.41) is 1.05. The number of hydrogen-bond donors (Lipinski definition) is 2. The van der Waals surface area contributed by atoms with Gasteiger partial charge in [-0.3, -0.25) is 4.79 Å². The van der Waals surface area contributed by atoms with Crippen LogP contribution in [-0.4, -0.2) is 21.3 Å². The van der Waals surface area contributed by atoms with Crippen molar-refractivity contribution in [2.24, 2.45) is 11.7 Å². The predicted octanol–water partition coefficient (Wildman–Crippen LogP) is 1.38. The number of nitrogens with zero attached hydrogens (tertiary/aromatic N) is 1. The molecule has 1 aromatic heterocycles. The third-order valence-corrected chi connectivity index (χ3v) is 4.29. The van der Waals surface area contributed by atoms with Crippen molar-refractivity contribution < 1.29 is 0 Å². The second-order valence-electron chi connectivity index (χ2n) is 4.48. The number of rotatable bonds is 2. The molecule has 16 heavy (non-hydrogen) atoms. The summed E-state index contributed by atoms with van der Waals surface area (Å²) >= 11 is 1.60. The molecule has 88 valence electrons. The molecule has 1 aliphatic carbocycles. The lowest BCUT2D eigenvalue weighted by molar-refractivity contribution is 0.357. The minimum absolute atomic E-state index is 0.102. The summed E-state index contributed by atoms with van der Waals surface area (Å²) in [6.07, 6.45) is 4.91. The molecular formula is C11H17N3OS. The van der Waals surface area contributed by atoms with Crippen molar-refractivity contribution >= 4 is 11.8 Å². The fourth-order valence-electron chi connectivity index (χ4n) is 2.04. The van der Waals surface area contributed by atoms with E-state index in [0.29, 0.717) is 16.3 Å². The van der Waals surface area contributed by atoms with Crippen LogP contribution in [0.4, 0.5) is 0 Å². The standard InChI is InChI=1S/C11H17N3OS/c1-7-2-3-8(12)9(6-7)16-11-13-5-4-10(15)14-11/h4-5,7-9H,2-3,6,12H2,1H3,(H,13,14,15). The molecule has 3 atom stereocenters. The number of aromatic amines is 1. The van der Waals surface area contributed by atoms with Crippen LogP contribution >= 0.6 is 11.8 Å². The highest BCUT2D eigenvalue weighted by molar-refractivity contribution is 7.99. The zero-order chi connectivity index (χ0) is 11.5. The van der Waals surface area contributed by atoms with Crippen LogP contribution in [-0.2, 0) is 0 Å². The molecule has 4 nitrogen and oxygen atoms in total. The Morgan fingerprint density at radius 1 is 1.56 bits per heavy atom. The van der Waals surface area contributed by atoms with Gasteiger partial charge in [-0.15, -0.1) is 0 Å². The van der Waals surface area contributed by atoms with Crippen molar-refractivity contribution in [3.8, 4) is 0 Å². The fourth-order valence-corrected chi connectivity index (χ4v) is 3.35. The van der Waals surface area contributed by atoms with E-state index in [-0.39, 0.29) is 11.6 Å². The molecule has 0 spiro atoms. The van der Waals surface area contributed by atoms with Gasteiger partial charge < -0.3 is 10.7 Å². The van der Waals surface area contributed by atoms with E-state index in [9.17, 15) is 4.79 Å². The van der Waals surface area contributed by atoms with Gasteiger partial charge in [0.2, 0.25) is 0 Å². The minimum Gasteiger partial charge on any atom is -0.327 e. The second-order valence-corrected chi connectivity index (χ2v) is 5.71. The van der Waals surface area contributed by atoms with Crippen molar-refractivity contribution in [2.45, 2.75) is 42.6 Å². The van der Waals surface area contributed by atoms with Gasteiger partial charge in [0.15, 0.2) is 5.16 Å². The first-order valence-corrected chi connectivity index (χ1v) is 6.50. The Balaban J connectivity index is 2.05. The predicted molar refractivity (Wildman–Crippen MR) is 65.5 cm³/mol. The topological polar surface area (TPSA) is 71.8 Å². The van der Waals surface area contributed by atoms with Crippen LogP contribution in [0.25, 0.3) is 0 Å². The van der Waals surface area contributed by atoms with Crippen LogP contribution in [0.5, 0.6) is 0 Å². The van der Waals surface area contributed by atoms with E-state index in [1.807, 2.05) is 0 Å². The molecule has 1 heterocycles. The maximum Gasteiger partial charge on any atom is 0.251 e. The first-order chi connectivity index (χ1) is 7.65. The fraction of sp³-hybridized carbons (Fsp3) is 0.636. The number of H-pyrrole nitrogens is 1. The number of thioether (sulfide) groups is 1. The smallest absolute Gasteiger partial charge is 0.251 e. The molecule has 0 radical (unpaired) electrons. The van der Waals surface area contributed by atoms with E-state index in [0.717, 1.165) is 12.8 Å². The zero-order valence-corrected chi connectivity index (χ0v) is 10.2.